The number of halogens is 1. The van der Waals surface area contributed by atoms with Crippen molar-refractivity contribution in [3.63, 3.8) is 0 Å². The van der Waals surface area contributed by atoms with Crippen LogP contribution in [0.25, 0.3) is 16.5 Å². The zero-order valence-corrected chi connectivity index (χ0v) is 21.7. The van der Waals surface area contributed by atoms with Crippen LogP contribution in [0.2, 0.25) is 0 Å². The van der Waals surface area contributed by atoms with E-state index in [1.807, 2.05) is 44.2 Å². The molecule has 0 radical (unpaired) electrons. The lowest BCUT2D eigenvalue weighted by molar-refractivity contribution is 0.0789. The summed E-state index contributed by atoms with van der Waals surface area (Å²) in [4.78, 5) is 9.48. The lowest BCUT2D eigenvalue weighted by atomic mass is 9.95. The van der Waals surface area contributed by atoms with Crippen molar-refractivity contribution in [2.24, 2.45) is 4.99 Å². The normalized spacial score (nSPS) is 18.5. The third-order valence-electron chi connectivity index (χ3n) is 7.71. The van der Waals surface area contributed by atoms with Crippen LogP contribution in [-0.2, 0) is 21.0 Å². The van der Waals surface area contributed by atoms with Gasteiger partial charge in [0.05, 0.1) is 26.6 Å². The maximum absolute atomic E-state index is 14.6. The number of pyridine rings is 1. The van der Waals surface area contributed by atoms with E-state index in [0.717, 1.165) is 39.1 Å². The first-order valence-corrected chi connectivity index (χ1v) is 14.1. The summed E-state index contributed by atoms with van der Waals surface area (Å²) in [6.07, 6.45) is 7.73. The lowest BCUT2D eigenvalue weighted by Gasteiger charge is -2.33. The standard InChI is InChI=1S/C29H28FN3O3S/c1-3-18-15-26-20(17-27(18)37(34,35)29(2)10-13-36-14-11-29)24(9-12-31-26)32-19-7-8-23-21(16-19)28-22(30)5-4-6-25(28)33-23/h4-7,9,12,15-17H,3,8,10-11,13-14H2,1-2H3,(H,31,32). The van der Waals surface area contributed by atoms with Crippen LogP contribution in [0.3, 0.4) is 0 Å². The van der Waals surface area contributed by atoms with Gasteiger partial charge in [0, 0.05) is 53.7 Å². The Kier molecular flexibility index (Phi) is 5.76. The van der Waals surface area contributed by atoms with Crippen molar-refractivity contribution in [3.05, 3.63) is 77.4 Å². The summed E-state index contributed by atoms with van der Waals surface area (Å²) in [6, 6.07) is 10.4. The van der Waals surface area contributed by atoms with Crippen LogP contribution in [0.15, 0.2) is 70.3 Å². The Labute approximate surface area is 215 Å². The second-order valence-electron chi connectivity index (χ2n) is 9.99. The Balaban J connectivity index is 1.41. The molecule has 1 aromatic heterocycles. The average molecular weight is 518 g/mol. The van der Waals surface area contributed by atoms with Crippen molar-refractivity contribution in [3.8, 4) is 0 Å². The van der Waals surface area contributed by atoms with E-state index in [9.17, 15) is 12.8 Å². The molecule has 0 atom stereocenters. The maximum Gasteiger partial charge on any atom is 0.184 e. The fraction of sp³-hybridized carbons (Fsp3) is 0.310. The van der Waals surface area contributed by atoms with Gasteiger partial charge in [0.25, 0.3) is 0 Å². The molecule has 2 aromatic carbocycles. The molecule has 1 N–H and O–H groups in total. The molecule has 3 heterocycles. The summed E-state index contributed by atoms with van der Waals surface area (Å²) in [5, 5.41) is 4.17. The van der Waals surface area contributed by atoms with Gasteiger partial charge in [-0.15, -0.1) is 0 Å². The molecule has 0 amide bonds. The molecule has 0 bridgehead atoms. The lowest BCUT2D eigenvalue weighted by Crippen LogP contribution is -2.41. The first-order chi connectivity index (χ1) is 17.8. The van der Waals surface area contributed by atoms with E-state index in [-0.39, 0.29) is 5.82 Å². The molecule has 3 aliphatic rings. The molecule has 0 saturated carbocycles. The summed E-state index contributed by atoms with van der Waals surface area (Å²) in [7, 11) is -3.62. The molecule has 37 heavy (non-hydrogen) atoms. The van der Waals surface area contributed by atoms with E-state index >= 15 is 0 Å². The van der Waals surface area contributed by atoms with Gasteiger partial charge in [-0.05, 0) is 68.2 Å². The molecular weight excluding hydrogens is 489 g/mol. The van der Waals surface area contributed by atoms with Gasteiger partial charge in [0.2, 0.25) is 0 Å². The third-order valence-corrected chi connectivity index (χ3v) is 10.4. The summed E-state index contributed by atoms with van der Waals surface area (Å²) < 4.78 is 47.1. The number of rotatable bonds is 5. The molecule has 1 fully saturated rings. The monoisotopic (exact) mass is 517 g/mol. The number of hydrogen-bond donors (Lipinski definition) is 1. The van der Waals surface area contributed by atoms with Gasteiger partial charge in [-0.1, -0.05) is 19.1 Å². The van der Waals surface area contributed by atoms with Crippen molar-refractivity contribution in [2.45, 2.75) is 49.2 Å². The van der Waals surface area contributed by atoms with Crippen molar-refractivity contribution in [1.82, 2.24) is 4.98 Å². The Morgan fingerprint density at radius 1 is 1.16 bits per heavy atom. The molecule has 8 heteroatoms. The number of hydrogen-bond acceptors (Lipinski definition) is 6. The van der Waals surface area contributed by atoms with Crippen LogP contribution in [0.4, 0.5) is 15.8 Å². The zero-order chi connectivity index (χ0) is 25.8. The Morgan fingerprint density at radius 3 is 2.76 bits per heavy atom. The Hall–Kier alpha value is -3.36. The van der Waals surface area contributed by atoms with Gasteiger partial charge in [-0.2, -0.15) is 0 Å². The number of aryl methyl sites for hydroxylation is 1. The quantitative estimate of drug-likeness (QED) is 0.439. The van der Waals surface area contributed by atoms with Crippen LogP contribution in [-0.4, -0.2) is 37.1 Å². The van der Waals surface area contributed by atoms with Gasteiger partial charge in [0.1, 0.15) is 5.82 Å². The van der Waals surface area contributed by atoms with Gasteiger partial charge < -0.3 is 10.1 Å². The highest BCUT2D eigenvalue weighted by Gasteiger charge is 2.42. The van der Waals surface area contributed by atoms with Gasteiger partial charge in [0.15, 0.2) is 9.84 Å². The number of sulfone groups is 1. The largest absolute Gasteiger partial charge is 0.381 e. The van der Waals surface area contributed by atoms with Crippen molar-refractivity contribution in [2.75, 3.05) is 18.5 Å². The van der Waals surface area contributed by atoms with E-state index in [1.165, 1.54) is 6.07 Å². The molecule has 6 nitrogen and oxygen atoms in total. The molecule has 1 saturated heterocycles. The minimum absolute atomic E-state index is 0.290. The maximum atomic E-state index is 14.6. The molecule has 6 rings (SSSR count). The SMILES string of the molecule is CCc1cc2nccc(NC3=CCC4=Nc5cccc(F)c5C4=C3)c2cc1S(=O)(=O)C1(C)CCOCC1. The van der Waals surface area contributed by atoms with E-state index in [2.05, 4.69) is 15.3 Å². The van der Waals surface area contributed by atoms with Crippen LogP contribution in [0, 0.1) is 5.82 Å². The molecular formula is C29H28FN3O3S. The number of allylic oxidation sites excluding steroid dienone is 3. The highest BCUT2D eigenvalue weighted by molar-refractivity contribution is 7.92. The van der Waals surface area contributed by atoms with Crippen LogP contribution >= 0.6 is 0 Å². The first kappa shape index (κ1) is 24.0. The van der Waals surface area contributed by atoms with E-state index < -0.39 is 14.6 Å². The van der Waals surface area contributed by atoms with E-state index in [1.54, 1.807) is 18.3 Å². The van der Waals surface area contributed by atoms with Crippen LogP contribution < -0.4 is 5.32 Å². The minimum Gasteiger partial charge on any atom is -0.381 e. The zero-order valence-electron chi connectivity index (χ0n) is 20.8. The van der Waals surface area contributed by atoms with Gasteiger partial charge in [-0.3, -0.25) is 9.98 Å². The first-order valence-electron chi connectivity index (χ1n) is 12.6. The molecule has 2 aliphatic heterocycles. The van der Waals surface area contributed by atoms with Crippen molar-refractivity contribution < 1.29 is 17.5 Å². The van der Waals surface area contributed by atoms with E-state index in [4.69, 9.17) is 4.74 Å². The number of nitrogens with zero attached hydrogens (tertiary/aromatic N) is 2. The highest BCUT2D eigenvalue weighted by atomic mass is 32.2. The second-order valence-corrected chi connectivity index (χ2v) is 12.4. The van der Waals surface area contributed by atoms with Gasteiger partial charge >= 0.3 is 0 Å². The number of ether oxygens (including phenoxy) is 1. The fourth-order valence-electron chi connectivity index (χ4n) is 5.39. The number of nitrogens with one attached hydrogen (secondary N) is 1. The van der Waals surface area contributed by atoms with E-state index in [0.29, 0.717) is 55.0 Å². The number of benzene rings is 2. The minimum atomic E-state index is -3.62. The third kappa shape index (κ3) is 3.90. The van der Waals surface area contributed by atoms with Crippen molar-refractivity contribution in [1.29, 1.82) is 0 Å². The topological polar surface area (TPSA) is 80.7 Å². The molecule has 3 aromatic rings. The second kappa shape index (κ2) is 8.89. The summed E-state index contributed by atoms with van der Waals surface area (Å²) in [5.74, 6) is -0.290. The molecule has 0 unspecified atom stereocenters. The number of anilines is 1. The predicted molar refractivity (Wildman–Crippen MR) is 145 cm³/mol. The van der Waals surface area contributed by atoms with Crippen molar-refractivity contribution >= 4 is 43.4 Å². The summed E-state index contributed by atoms with van der Waals surface area (Å²) >= 11 is 0. The number of aromatic nitrogens is 1. The average Bonchev–Trinajstić information content (AvgIpc) is 3.27. The summed E-state index contributed by atoms with van der Waals surface area (Å²) in [5.41, 5.74) is 5.83. The molecule has 1 aliphatic carbocycles. The van der Waals surface area contributed by atoms with Crippen LogP contribution in [0.5, 0.6) is 0 Å². The van der Waals surface area contributed by atoms with Gasteiger partial charge in [-0.25, -0.2) is 12.8 Å². The Morgan fingerprint density at radius 2 is 1.97 bits per heavy atom. The Bertz CT molecular complexity index is 1630. The van der Waals surface area contributed by atoms with Crippen LogP contribution in [0.1, 0.15) is 44.2 Å². The fourth-order valence-corrected chi connectivity index (χ4v) is 7.44. The highest BCUT2D eigenvalue weighted by Crippen LogP contribution is 2.41. The smallest absolute Gasteiger partial charge is 0.184 e. The number of fused-ring (bicyclic) bond motifs is 4. The molecule has 0 spiro atoms. The number of aliphatic imine (C=N–C) groups is 1. The predicted octanol–water partition coefficient (Wildman–Crippen LogP) is 6.15. The summed E-state index contributed by atoms with van der Waals surface area (Å²) in [6.45, 7) is 4.67. The molecule has 190 valence electrons.